The van der Waals surface area contributed by atoms with E-state index >= 15 is 0 Å². The zero-order chi connectivity index (χ0) is 14.8. The first-order chi connectivity index (χ1) is 10.2. The smallest absolute Gasteiger partial charge is 0.131 e. The Labute approximate surface area is 128 Å². The van der Waals surface area contributed by atoms with Crippen molar-refractivity contribution in [2.75, 3.05) is 38.1 Å². The fourth-order valence-electron chi connectivity index (χ4n) is 3.98. The zero-order valence-electron chi connectivity index (χ0n) is 13.7. The van der Waals surface area contributed by atoms with E-state index in [1.807, 2.05) is 7.05 Å². The summed E-state index contributed by atoms with van der Waals surface area (Å²) in [5.41, 5.74) is 2.52. The van der Waals surface area contributed by atoms with Gasteiger partial charge in [0.2, 0.25) is 0 Å². The summed E-state index contributed by atoms with van der Waals surface area (Å²) >= 11 is 0. The second-order valence-corrected chi connectivity index (χ2v) is 6.53. The average Bonchev–Trinajstić information content (AvgIpc) is 3.06. The van der Waals surface area contributed by atoms with Gasteiger partial charge in [-0.2, -0.15) is 5.10 Å². The van der Waals surface area contributed by atoms with Gasteiger partial charge >= 0.3 is 0 Å². The summed E-state index contributed by atoms with van der Waals surface area (Å²) in [6.45, 7) is 7.94. The Morgan fingerprint density at radius 3 is 2.67 bits per heavy atom. The van der Waals surface area contributed by atoms with Crippen LogP contribution in [0.5, 0.6) is 0 Å². The predicted octanol–water partition coefficient (Wildman–Crippen LogP) is 1.51. The van der Waals surface area contributed by atoms with Crippen LogP contribution in [0.15, 0.2) is 0 Å². The molecular formula is C16H29N5. The normalized spacial score (nSPS) is 24.0. The highest BCUT2D eigenvalue weighted by molar-refractivity contribution is 5.51. The number of anilines is 1. The first-order valence-electron chi connectivity index (χ1n) is 8.36. The van der Waals surface area contributed by atoms with E-state index in [9.17, 15) is 0 Å². The highest BCUT2D eigenvalue weighted by atomic mass is 15.4. The lowest BCUT2D eigenvalue weighted by atomic mass is 10.1. The Balaban J connectivity index is 1.73. The van der Waals surface area contributed by atoms with Crippen LogP contribution in [0, 0.1) is 6.92 Å². The third kappa shape index (κ3) is 2.94. The van der Waals surface area contributed by atoms with Gasteiger partial charge in [0.15, 0.2) is 0 Å². The monoisotopic (exact) mass is 291 g/mol. The lowest BCUT2D eigenvalue weighted by molar-refractivity contribution is 0.174. The number of piperidine rings is 1. The predicted molar refractivity (Wildman–Crippen MR) is 86.8 cm³/mol. The molecule has 3 rings (SSSR count). The molecule has 3 heterocycles. The maximum atomic E-state index is 4.63. The van der Waals surface area contributed by atoms with Gasteiger partial charge in [0, 0.05) is 38.3 Å². The number of aromatic nitrogens is 2. The van der Waals surface area contributed by atoms with E-state index < -0.39 is 0 Å². The molecule has 0 amide bonds. The van der Waals surface area contributed by atoms with E-state index in [1.165, 1.54) is 50.2 Å². The highest BCUT2D eigenvalue weighted by Gasteiger charge is 2.31. The maximum Gasteiger partial charge on any atom is 0.131 e. The van der Waals surface area contributed by atoms with Gasteiger partial charge in [-0.3, -0.25) is 9.58 Å². The van der Waals surface area contributed by atoms with Crippen molar-refractivity contribution in [1.82, 2.24) is 20.0 Å². The molecule has 2 aliphatic rings. The summed E-state index contributed by atoms with van der Waals surface area (Å²) in [6.07, 6.45) is 5.47. The molecule has 21 heavy (non-hydrogen) atoms. The number of aryl methyl sites for hydroxylation is 2. The summed E-state index contributed by atoms with van der Waals surface area (Å²) < 4.78 is 2.07. The van der Waals surface area contributed by atoms with Crippen LogP contribution in [-0.2, 0) is 13.6 Å². The fraction of sp³-hybridized carbons (Fsp3) is 0.812. The van der Waals surface area contributed by atoms with Gasteiger partial charge in [-0.25, -0.2) is 0 Å². The van der Waals surface area contributed by atoms with Gasteiger partial charge in [0.1, 0.15) is 5.82 Å². The van der Waals surface area contributed by atoms with E-state index in [0.717, 1.165) is 31.4 Å². The van der Waals surface area contributed by atoms with E-state index in [2.05, 4.69) is 38.9 Å². The molecule has 0 spiro atoms. The van der Waals surface area contributed by atoms with Gasteiger partial charge in [-0.1, -0.05) is 6.42 Å². The maximum absolute atomic E-state index is 4.63. The number of nitrogens with one attached hydrogen (secondary N) is 1. The molecule has 2 fully saturated rings. The van der Waals surface area contributed by atoms with Gasteiger partial charge in [0.25, 0.3) is 0 Å². The Bertz CT molecular complexity index is 475. The molecule has 1 N–H and O–H groups in total. The second-order valence-electron chi connectivity index (χ2n) is 6.53. The molecular weight excluding hydrogens is 262 g/mol. The standard InChI is InChI=1S/C16H29N5/c1-13-15(11-17-2)16(19(3)18-13)21-10-7-14(12-21)20-8-5-4-6-9-20/h14,17H,4-12H2,1-3H3. The molecule has 1 unspecified atom stereocenters. The van der Waals surface area contributed by atoms with Gasteiger partial charge < -0.3 is 10.2 Å². The minimum absolute atomic E-state index is 0.739. The van der Waals surface area contributed by atoms with Crippen molar-refractivity contribution < 1.29 is 0 Å². The Kier molecular flexibility index (Phi) is 4.50. The average molecular weight is 291 g/mol. The topological polar surface area (TPSA) is 36.3 Å². The van der Waals surface area contributed by atoms with E-state index in [1.54, 1.807) is 0 Å². The third-order valence-electron chi connectivity index (χ3n) is 5.04. The van der Waals surface area contributed by atoms with Gasteiger partial charge in [-0.05, 0) is 46.3 Å². The van der Waals surface area contributed by atoms with Crippen molar-refractivity contribution in [2.45, 2.75) is 45.2 Å². The minimum Gasteiger partial charge on any atom is -0.355 e. The molecule has 0 saturated carbocycles. The molecule has 0 radical (unpaired) electrons. The summed E-state index contributed by atoms with van der Waals surface area (Å²) in [4.78, 5) is 5.26. The summed E-state index contributed by atoms with van der Waals surface area (Å²) in [7, 11) is 4.09. The number of hydrogen-bond acceptors (Lipinski definition) is 4. The highest BCUT2D eigenvalue weighted by Crippen LogP contribution is 2.29. The summed E-state index contributed by atoms with van der Waals surface area (Å²) in [5, 5.41) is 7.92. The van der Waals surface area contributed by atoms with Crippen LogP contribution in [0.3, 0.4) is 0 Å². The van der Waals surface area contributed by atoms with Crippen LogP contribution in [0.4, 0.5) is 5.82 Å². The Morgan fingerprint density at radius 2 is 1.95 bits per heavy atom. The molecule has 2 aliphatic heterocycles. The van der Waals surface area contributed by atoms with Crippen molar-refractivity contribution in [3.05, 3.63) is 11.3 Å². The molecule has 5 nitrogen and oxygen atoms in total. The first kappa shape index (κ1) is 14.9. The molecule has 5 heteroatoms. The molecule has 0 aromatic carbocycles. The van der Waals surface area contributed by atoms with E-state index in [0.29, 0.717) is 0 Å². The van der Waals surface area contributed by atoms with Gasteiger partial charge in [-0.15, -0.1) is 0 Å². The van der Waals surface area contributed by atoms with Gasteiger partial charge in [0.05, 0.1) is 5.69 Å². The van der Waals surface area contributed by atoms with Crippen molar-refractivity contribution in [2.24, 2.45) is 7.05 Å². The van der Waals surface area contributed by atoms with E-state index in [4.69, 9.17) is 0 Å². The van der Waals surface area contributed by atoms with Crippen molar-refractivity contribution in [3.63, 3.8) is 0 Å². The molecule has 0 bridgehead atoms. The number of nitrogens with zero attached hydrogens (tertiary/aromatic N) is 4. The SMILES string of the molecule is CNCc1c(C)nn(C)c1N1CCC(N2CCCCC2)C1. The summed E-state index contributed by atoms with van der Waals surface area (Å²) in [6, 6.07) is 0.739. The number of rotatable bonds is 4. The quantitative estimate of drug-likeness (QED) is 0.912. The lowest BCUT2D eigenvalue weighted by Crippen LogP contribution is -2.41. The van der Waals surface area contributed by atoms with Crippen LogP contribution >= 0.6 is 0 Å². The van der Waals surface area contributed by atoms with Crippen LogP contribution in [0.25, 0.3) is 0 Å². The zero-order valence-corrected chi connectivity index (χ0v) is 13.7. The van der Waals surface area contributed by atoms with Crippen molar-refractivity contribution in [1.29, 1.82) is 0 Å². The number of hydrogen-bond donors (Lipinski definition) is 1. The van der Waals surface area contributed by atoms with Crippen LogP contribution in [0.1, 0.15) is 36.9 Å². The molecule has 2 saturated heterocycles. The molecule has 118 valence electrons. The summed E-state index contributed by atoms with van der Waals surface area (Å²) in [5.74, 6) is 1.32. The fourth-order valence-corrected chi connectivity index (χ4v) is 3.98. The second kappa shape index (κ2) is 6.36. The van der Waals surface area contributed by atoms with Crippen molar-refractivity contribution >= 4 is 5.82 Å². The Hall–Kier alpha value is -1.07. The van der Waals surface area contributed by atoms with E-state index in [-0.39, 0.29) is 0 Å². The minimum atomic E-state index is 0.739. The lowest BCUT2D eigenvalue weighted by Gasteiger charge is -2.32. The largest absolute Gasteiger partial charge is 0.355 e. The van der Waals surface area contributed by atoms with Crippen LogP contribution in [-0.4, -0.2) is 53.9 Å². The first-order valence-corrected chi connectivity index (χ1v) is 8.36. The van der Waals surface area contributed by atoms with Crippen molar-refractivity contribution in [3.8, 4) is 0 Å². The molecule has 1 atom stereocenters. The molecule has 0 aliphatic carbocycles. The third-order valence-corrected chi connectivity index (χ3v) is 5.04. The Morgan fingerprint density at radius 1 is 1.19 bits per heavy atom. The number of likely N-dealkylation sites (tertiary alicyclic amines) is 1. The molecule has 1 aromatic rings. The molecule has 1 aromatic heterocycles. The van der Waals surface area contributed by atoms with Crippen LogP contribution < -0.4 is 10.2 Å². The van der Waals surface area contributed by atoms with Crippen LogP contribution in [0.2, 0.25) is 0 Å².